The van der Waals surface area contributed by atoms with E-state index >= 15 is 0 Å². The second kappa shape index (κ2) is 7.53. The molecule has 0 saturated heterocycles. The van der Waals surface area contributed by atoms with Gasteiger partial charge in [0.2, 0.25) is 0 Å². The van der Waals surface area contributed by atoms with Crippen molar-refractivity contribution in [3.05, 3.63) is 41.2 Å². The summed E-state index contributed by atoms with van der Waals surface area (Å²) in [6.07, 6.45) is 0.228. The number of methoxy groups -OCH3 is 1. The summed E-state index contributed by atoms with van der Waals surface area (Å²) in [4.78, 5) is 26.9. The average molecular weight is 386 g/mol. The average Bonchev–Trinajstić information content (AvgIpc) is 2.97. The zero-order valence-corrected chi connectivity index (χ0v) is 16.9. The van der Waals surface area contributed by atoms with Crippen molar-refractivity contribution in [3.8, 4) is 5.75 Å². The number of benzene rings is 1. The number of aryl methyl sites for hydroxylation is 1. The summed E-state index contributed by atoms with van der Waals surface area (Å²) in [6.45, 7) is 6.31. The van der Waals surface area contributed by atoms with E-state index in [9.17, 15) is 9.59 Å². The lowest BCUT2D eigenvalue weighted by atomic mass is 10.0. The number of hydrogen-bond acceptors (Lipinski definition) is 5. The van der Waals surface area contributed by atoms with Crippen LogP contribution in [0.4, 0.5) is 10.5 Å². The number of rotatable bonds is 3. The maximum absolute atomic E-state index is 12.8. The maximum atomic E-state index is 12.8. The topological polar surface area (TPSA) is 85.7 Å². The number of nitrogens with one attached hydrogen (secondary N) is 1. The Morgan fingerprint density at radius 1 is 1.25 bits per heavy atom. The largest absolute Gasteiger partial charge is 0.497 e. The van der Waals surface area contributed by atoms with Crippen molar-refractivity contribution in [2.24, 2.45) is 7.05 Å². The number of fused-ring (bicyclic) bond motifs is 1. The predicted molar refractivity (Wildman–Crippen MR) is 105 cm³/mol. The van der Waals surface area contributed by atoms with Crippen LogP contribution in [0.15, 0.2) is 24.3 Å². The summed E-state index contributed by atoms with van der Waals surface area (Å²) in [7, 11) is 3.38. The Morgan fingerprint density at radius 3 is 2.68 bits per heavy atom. The van der Waals surface area contributed by atoms with Crippen molar-refractivity contribution in [2.75, 3.05) is 19.0 Å². The molecule has 8 heteroatoms. The van der Waals surface area contributed by atoms with Crippen molar-refractivity contribution in [1.82, 2.24) is 14.7 Å². The predicted octanol–water partition coefficient (Wildman–Crippen LogP) is 2.97. The lowest BCUT2D eigenvalue weighted by Crippen LogP contribution is -2.40. The molecule has 2 heterocycles. The van der Waals surface area contributed by atoms with E-state index in [0.717, 1.165) is 11.3 Å². The van der Waals surface area contributed by atoms with E-state index in [0.29, 0.717) is 36.6 Å². The van der Waals surface area contributed by atoms with Gasteiger partial charge in [-0.15, -0.1) is 0 Å². The van der Waals surface area contributed by atoms with Crippen LogP contribution in [-0.2, 0) is 24.8 Å². The number of anilines is 1. The molecule has 0 bridgehead atoms. The first kappa shape index (κ1) is 19.7. The van der Waals surface area contributed by atoms with Crippen LogP contribution in [-0.4, -0.2) is 45.9 Å². The molecule has 0 spiro atoms. The van der Waals surface area contributed by atoms with Crippen LogP contribution in [0.1, 0.15) is 42.5 Å². The van der Waals surface area contributed by atoms with Crippen LogP contribution in [0.5, 0.6) is 5.75 Å². The van der Waals surface area contributed by atoms with E-state index in [1.165, 1.54) is 0 Å². The fraction of sp³-hybridized carbons (Fsp3) is 0.450. The molecule has 0 aliphatic carbocycles. The first-order valence-electron chi connectivity index (χ1n) is 9.16. The van der Waals surface area contributed by atoms with Crippen LogP contribution in [0, 0.1) is 0 Å². The van der Waals surface area contributed by atoms with Gasteiger partial charge in [0, 0.05) is 43.0 Å². The van der Waals surface area contributed by atoms with E-state index in [1.54, 1.807) is 41.0 Å². The first-order chi connectivity index (χ1) is 13.2. The minimum absolute atomic E-state index is 0.291. The highest BCUT2D eigenvalue weighted by atomic mass is 16.6. The van der Waals surface area contributed by atoms with Crippen LogP contribution in [0.2, 0.25) is 0 Å². The highest BCUT2D eigenvalue weighted by Crippen LogP contribution is 2.25. The quantitative estimate of drug-likeness (QED) is 0.876. The lowest BCUT2D eigenvalue weighted by molar-refractivity contribution is 0.0222. The molecule has 1 aliphatic rings. The van der Waals surface area contributed by atoms with Gasteiger partial charge in [0.1, 0.15) is 11.4 Å². The Labute approximate surface area is 164 Å². The van der Waals surface area contributed by atoms with Gasteiger partial charge in [-0.05, 0) is 32.9 Å². The van der Waals surface area contributed by atoms with Crippen molar-refractivity contribution >= 4 is 17.7 Å². The van der Waals surface area contributed by atoms with Gasteiger partial charge in [-0.2, -0.15) is 5.10 Å². The van der Waals surface area contributed by atoms with E-state index in [-0.39, 0.29) is 12.0 Å². The van der Waals surface area contributed by atoms with Crippen LogP contribution in [0.25, 0.3) is 0 Å². The Hall–Kier alpha value is -3.03. The van der Waals surface area contributed by atoms with Crippen LogP contribution >= 0.6 is 0 Å². The molecular weight excluding hydrogens is 360 g/mol. The third kappa shape index (κ3) is 4.27. The zero-order valence-electron chi connectivity index (χ0n) is 16.9. The summed E-state index contributed by atoms with van der Waals surface area (Å²) >= 11 is 0. The monoisotopic (exact) mass is 386 g/mol. The molecule has 150 valence electrons. The molecular formula is C20H26N4O4. The summed E-state index contributed by atoms with van der Waals surface area (Å²) in [5, 5.41) is 7.24. The van der Waals surface area contributed by atoms with E-state index < -0.39 is 5.60 Å². The molecule has 1 N–H and O–H groups in total. The summed E-state index contributed by atoms with van der Waals surface area (Å²) in [5.74, 6) is 0.327. The molecule has 0 unspecified atom stereocenters. The van der Waals surface area contributed by atoms with Gasteiger partial charge < -0.3 is 19.7 Å². The van der Waals surface area contributed by atoms with Crippen LogP contribution in [0.3, 0.4) is 0 Å². The molecule has 0 radical (unpaired) electrons. The highest BCUT2D eigenvalue weighted by Gasteiger charge is 2.31. The van der Waals surface area contributed by atoms with Gasteiger partial charge >= 0.3 is 6.09 Å². The minimum atomic E-state index is -0.571. The third-order valence-corrected chi connectivity index (χ3v) is 4.44. The molecule has 8 nitrogen and oxygen atoms in total. The smallest absolute Gasteiger partial charge is 0.410 e. The zero-order chi connectivity index (χ0) is 20.5. The number of amides is 2. The van der Waals surface area contributed by atoms with Gasteiger partial charge in [0.25, 0.3) is 5.91 Å². The highest BCUT2D eigenvalue weighted by molar-refractivity contribution is 6.04. The molecule has 1 aliphatic heterocycles. The molecule has 2 amide bonds. The fourth-order valence-electron chi connectivity index (χ4n) is 3.15. The second-order valence-electron chi connectivity index (χ2n) is 7.74. The molecule has 3 rings (SSSR count). The Kier molecular flexibility index (Phi) is 5.31. The summed E-state index contributed by atoms with van der Waals surface area (Å²) in [6, 6.07) is 7.12. The maximum Gasteiger partial charge on any atom is 0.410 e. The molecule has 28 heavy (non-hydrogen) atoms. The SMILES string of the molecule is COc1cccc(NC(=O)c2nn(C)c3c2CN(C(=O)OC(C)(C)C)CC3)c1. The Balaban J connectivity index is 1.81. The summed E-state index contributed by atoms with van der Waals surface area (Å²) in [5.41, 5.74) is 2.06. The van der Waals surface area contributed by atoms with Gasteiger partial charge in [0.05, 0.1) is 13.7 Å². The first-order valence-corrected chi connectivity index (χ1v) is 9.16. The van der Waals surface area contributed by atoms with Crippen molar-refractivity contribution in [1.29, 1.82) is 0 Å². The normalized spacial score (nSPS) is 13.7. The van der Waals surface area contributed by atoms with Crippen molar-refractivity contribution in [3.63, 3.8) is 0 Å². The molecule has 1 aromatic carbocycles. The molecule has 2 aromatic rings. The third-order valence-electron chi connectivity index (χ3n) is 4.44. The Bertz CT molecular complexity index is 898. The standard InChI is InChI=1S/C20H26N4O4/c1-20(2,3)28-19(26)24-10-9-16-15(12-24)17(22-23(16)4)18(25)21-13-7-6-8-14(11-13)27-5/h6-8,11H,9-10,12H2,1-5H3,(H,21,25). The van der Waals surface area contributed by atoms with E-state index in [1.807, 2.05) is 27.8 Å². The number of aromatic nitrogens is 2. The Morgan fingerprint density at radius 2 is 2.00 bits per heavy atom. The van der Waals surface area contributed by atoms with Gasteiger partial charge in [-0.25, -0.2) is 4.79 Å². The van der Waals surface area contributed by atoms with E-state index in [4.69, 9.17) is 9.47 Å². The second-order valence-corrected chi connectivity index (χ2v) is 7.74. The lowest BCUT2D eigenvalue weighted by Gasteiger charge is -2.30. The van der Waals surface area contributed by atoms with Gasteiger partial charge in [-0.1, -0.05) is 6.07 Å². The number of carbonyl (C=O) groups is 2. The summed E-state index contributed by atoms with van der Waals surface area (Å²) < 4.78 is 12.4. The number of carbonyl (C=O) groups excluding carboxylic acids is 2. The van der Waals surface area contributed by atoms with Crippen molar-refractivity contribution in [2.45, 2.75) is 39.3 Å². The number of ether oxygens (including phenoxy) is 2. The fourth-order valence-corrected chi connectivity index (χ4v) is 3.15. The van der Waals surface area contributed by atoms with Crippen molar-refractivity contribution < 1.29 is 19.1 Å². The molecule has 0 atom stereocenters. The molecule has 0 fully saturated rings. The van der Waals surface area contributed by atoms with Gasteiger partial charge in [0.15, 0.2) is 5.69 Å². The van der Waals surface area contributed by atoms with Gasteiger partial charge in [-0.3, -0.25) is 9.48 Å². The molecule has 0 saturated carbocycles. The minimum Gasteiger partial charge on any atom is -0.497 e. The number of nitrogens with zero attached hydrogens (tertiary/aromatic N) is 3. The van der Waals surface area contributed by atoms with E-state index in [2.05, 4.69) is 10.4 Å². The molecule has 1 aromatic heterocycles. The van der Waals surface area contributed by atoms with Crippen LogP contribution < -0.4 is 10.1 Å². The number of hydrogen-bond donors (Lipinski definition) is 1.